The standard InChI is InChI=1S/C11H18N2O2/c1-3-13(11(14)6-7-12-2)9-10-5-4-8-15-10/h4-5,8,12H,3,6-7,9H2,1-2H3. The highest BCUT2D eigenvalue weighted by molar-refractivity contribution is 5.76. The van der Waals surface area contributed by atoms with Gasteiger partial charge in [0, 0.05) is 19.5 Å². The number of carbonyl (C=O) groups excluding carboxylic acids is 1. The van der Waals surface area contributed by atoms with Gasteiger partial charge < -0.3 is 14.6 Å². The lowest BCUT2D eigenvalue weighted by Gasteiger charge is -2.19. The Morgan fingerprint density at radius 1 is 1.60 bits per heavy atom. The first kappa shape index (κ1) is 11.8. The molecule has 0 unspecified atom stereocenters. The molecule has 0 aliphatic heterocycles. The van der Waals surface area contributed by atoms with Crippen molar-refractivity contribution in [2.24, 2.45) is 0 Å². The molecule has 0 radical (unpaired) electrons. The van der Waals surface area contributed by atoms with Crippen molar-refractivity contribution in [2.45, 2.75) is 19.9 Å². The van der Waals surface area contributed by atoms with Gasteiger partial charge in [-0.05, 0) is 26.1 Å². The van der Waals surface area contributed by atoms with Crippen molar-refractivity contribution in [1.82, 2.24) is 10.2 Å². The van der Waals surface area contributed by atoms with Crippen LogP contribution in [-0.2, 0) is 11.3 Å². The Bertz CT molecular complexity index is 283. The second kappa shape index (κ2) is 6.24. The predicted molar refractivity (Wildman–Crippen MR) is 58.3 cm³/mol. The topological polar surface area (TPSA) is 45.5 Å². The largest absolute Gasteiger partial charge is 0.467 e. The number of carbonyl (C=O) groups is 1. The Hall–Kier alpha value is -1.29. The smallest absolute Gasteiger partial charge is 0.224 e. The van der Waals surface area contributed by atoms with E-state index in [2.05, 4.69) is 5.32 Å². The lowest BCUT2D eigenvalue weighted by Crippen LogP contribution is -2.32. The number of hydrogen-bond acceptors (Lipinski definition) is 3. The van der Waals surface area contributed by atoms with Gasteiger partial charge >= 0.3 is 0 Å². The second-order valence-corrected chi connectivity index (χ2v) is 3.34. The number of hydrogen-bond donors (Lipinski definition) is 1. The summed E-state index contributed by atoms with van der Waals surface area (Å²) >= 11 is 0. The number of furan rings is 1. The van der Waals surface area contributed by atoms with E-state index < -0.39 is 0 Å². The normalized spacial score (nSPS) is 10.3. The molecule has 4 heteroatoms. The van der Waals surface area contributed by atoms with E-state index in [0.29, 0.717) is 26.1 Å². The van der Waals surface area contributed by atoms with Crippen LogP contribution < -0.4 is 5.32 Å². The van der Waals surface area contributed by atoms with Crippen LogP contribution in [0.25, 0.3) is 0 Å². The zero-order chi connectivity index (χ0) is 11.1. The molecule has 0 fully saturated rings. The molecule has 0 aliphatic carbocycles. The van der Waals surface area contributed by atoms with E-state index in [-0.39, 0.29) is 5.91 Å². The van der Waals surface area contributed by atoms with Crippen molar-refractivity contribution in [1.29, 1.82) is 0 Å². The van der Waals surface area contributed by atoms with Gasteiger partial charge in [0.1, 0.15) is 5.76 Å². The molecule has 0 aliphatic rings. The van der Waals surface area contributed by atoms with Crippen LogP contribution in [-0.4, -0.2) is 30.9 Å². The first-order valence-electron chi connectivity index (χ1n) is 5.22. The van der Waals surface area contributed by atoms with Gasteiger partial charge in [0.15, 0.2) is 0 Å². The van der Waals surface area contributed by atoms with Crippen LogP contribution in [0.3, 0.4) is 0 Å². The van der Waals surface area contributed by atoms with Crippen LogP contribution in [0, 0.1) is 0 Å². The summed E-state index contributed by atoms with van der Waals surface area (Å²) in [5.41, 5.74) is 0. The highest BCUT2D eigenvalue weighted by atomic mass is 16.3. The summed E-state index contributed by atoms with van der Waals surface area (Å²) in [5, 5.41) is 2.97. The van der Waals surface area contributed by atoms with E-state index >= 15 is 0 Å². The molecule has 0 aromatic carbocycles. The van der Waals surface area contributed by atoms with Gasteiger partial charge in [0.05, 0.1) is 12.8 Å². The molecule has 0 spiro atoms. The summed E-state index contributed by atoms with van der Waals surface area (Å²) in [6.07, 6.45) is 2.16. The van der Waals surface area contributed by atoms with E-state index in [0.717, 1.165) is 5.76 Å². The lowest BCUT2D eigenvalue weighted by atomic mass is 10.3. The molecule has 15 heavy (non-hydrogen) atoms. The number of amides is 1. The molecule has 1 heterocycles. The Balaban J connectivity index is 2.44. The average Bonchev–Trinajstić information content (AvgIpc) is 2.75. The minimum Gasteiger partial charge on any atom is -0.467 e. The quantitative estimate of drug-likeness (QED) is 0.768. The minimum absolute atomic E-state index is 0.156. The van der Waals surface area contributed by atoms with Gasteiger partial charge in [-0.25, -0.2) is 0 Å². The van der Waals surface area contributed by atoms with Crippen LogP contribution in [0.5, 0.6) is 0 Å². The van der Waals surface area contributed by atoms with Gasteiger partial charge in [-0.3, -0.25) is 4.79 Å². The Labute approximate surface area is 90.3 Å². The van der Waals surface area contributed by atoms with Gasteiger partial charge in [-0.1, -0.05) is 0 Å². The molecule has 0 atom stereocenters. The van der Waals surface area contributed by atoms with Crippen LogP contribution in [0.2, 0.25) is 0 Å². The summed E-state index contributed by atoms with van der Waals surface area (Å²) in [7, 11) is 1.84. The molecular weight excluding hydrogens is 192 g/mol. The minimum atomic E-state index is 0.156. The van der Waals surface area contributed by atoms with Crippen LogP contribution in [0.4, 0.5) is 0 Å². The fraction of sp³-hybridized carbons (Fsp3) is 0.545. The number of nitrogens with one attached hydrogen (secondary N) is 1. The third-order valence-electron chi connectivity index (χ3n) is 2.25. The maximum atomic E-state index is 11.7. The van der Waals surface area contributed by atoms with Gasteiger partial charge in [0.25, 0.3) is 0 Å². The van der Waals surface area contributed by atoms with Crippen molar-refractivity contribution in [2.75, 3.05) is 20.1 Å². The number of nitrogens with zero attached hydrogens (tertiary/aromatic N) is 1. The molecule has 1 amide bonds. The molecule has 84 valence electrons. The Morgan fingerprint density at radius 2 is 2.40 bits per heavy atom. The van der Waals surface area contributed by atoms with E-state index in [1.165, 1.54) is 0 Å². The fourth-order valence-corrected chi connectivity index (χ4v) is 1.36. The summed E-state index contributed by atoms with van der Waals surface area (Å²) in [6.45, 7) is 3.96. The molecule has 0 saturated heterocycles. The lowest BCUT2D eigenvalue weighted by molar-refractivity contribution is -0.131. The molecule has 4 nitrogen and oxygen atoms in total. The third kappa shape index (κ3) is 3.75. The SMILES string of the molecule is CCN(Cc1ccco1)C(=O)CCNC. The molecular formula is C11H18N2O2. The van der Waals surface area contributed by atoms with Crippen molar-refractivity contribution in [3.8, 4) is 0 Å². The van der Waals surface area contributed by atoms with E-state index in [9.17, 15) is 4.79 Å². The first-order chi connectivity index (χ1) is 7.27. The second-order valence-electron chi connectivity index (χ2n) is 3.34. The Kier molecular flexibility index (Phi) is 4.90. The molecule has 1 aromatic heterocycles. The molecule has 1 aromatic rings. The summed E-state index contributed by atoms with van der Waals surface area (Å²) in [5.74, 6) is 0.984. The van der Waals surface area contributed by atoms with Crippen molar-refractivity contribution >= 4 is 5.91 Å². The Morgan fingerprint density at radius 3 is 2.93 bits per heavy atom. The average molecular weight is 210 g/mol. The molecule has 1 N–H and O–H groups in total. The summed E-state index contributed by atoms with van der Waals surface area (Å²) < 4.78 is 5.21. The highest BCUT2D eigenvalue weighted by Crippen LogP contribution is 2.06. The van der Waals surface area contributed by atoms with Crippen molar-refractivity contribution in [3.63, 3.8) is 0 Å². The van der Waals surface area contributed by atoms with Gasteiger partial charge in [-0.2, -0.15) is 0 Å². The summed E-state index contributed by atoms with van der Waals surface area (Å²) in [6, 6.07) is 3.72. The maximum absolute atomic E-state index is 11.7. The van der Waals surface area contributed by atoms with Gasteiger partial charge in [-0.15, -0.1) is 0 Å². The predicted octanol–water partition coefficient (Wildman–Crippen LogP) is 1.24. The van der Waals surface area contributed by atoms with Gasteiger partial charge in [0.2, 0.25) is 5.91 Å². The molecule has 0 bridgehead atoms. The third-order valence-corrected chi connectivity index (χ3v) is 2.25. The first-order valence-corrected chi connectivity index (χ1v) is 5.22. The number of rotatable bonds is 6. The zero-order valence-corrected chi connectivity index (χ0v) is 9.32. The monoisotopic (exact) mass is 210 g/mol. The van der Waals surface area contributed by atoms with Crippen LogP contribution in [0.15, 0.2) is 22.8 Å². The molecule has 0 saturated carbocycles. The zero-order valence-electron chi connectivity index (χ0n) is 9.32. The van der Waals surface area contributed by atoms with Crippen molar-refractivity contribution < 1.29 is 9.21 Å². The fourth-order valence-electron chi connectivity index (χ4n) is 1.36. The van der Waals surface area contributed by atoms with Crippen LogP contribution >= 0.6 is 0 Å². The van der Waals surface area contributed by atoms with Crippen LogP contribution in [0.1, 0.15) is 19.1 Å². The maximum Gasteiger partial charge on any atom is 0.224 e. The highest BCUT2D eigenvalue weighted by Gasteiger charge is 2.12. The van der Waals surface area contributed by atoms with E-state index in [1.807, 2.05) is 26.1 Å². The van der Waals surface area contributed by atoms with E-state index in [1.54, 1.807) is 11.2 Å². The molecule has 1 rings (SSSR count). The van der Waals surface area contributed by atoms with Crippen molar-refractivity contribution in [3.05, 3.63) is 24.2 Å². The summed E-state index contributed by atoms with van der Waals surface area (Å²) in [4.78, 5) is 13.5. The van der Waals surface area contributed by atoms with E-state index in [4.69, 9.17) is 4.42 Å².